The van der Waals surface area contributed by atoms with Gasteiger partial charge in [0.25, 0.3) is 0 Å². The highest BCUT2D eigenvalue weighted by Gasteiger charge is 2.47. The first-order valence-electron chi connectivity index (χ1n) is 3.19. The monoisotopic (exact) mass is 128 g/mol. The Balaban J connectivity index is 2.59. The Kier molecular flexibility index (Phi) is 1.35. The molecule has 0 aromatic carbocycles. The van der Waals surface area contributed by atoms with Gasteiger partial charge < -0.3 is 4.74 Å². The van der Waals surface area contributed by atoms with Crippen LogP contribution in [0.1, 0.15) is 20.3 Å². The second kappa shape index (κ2) is 1.81. The van der Waals surface area contributed by atoms with Gasteiger partial charge in [0.05, 0.1) is 0 Å². The maximum atomic E-state index is 11.0. The van der Waals surface area contributed by atoms with Gasteiger partial charge in [0, 0.05) is 13.0 Å². The van der Waals surface area contributed by atoms with Crippen LogP contribution < -0.4 is 0 Å². The Morgan fingerprint density at radius 2 is 2.33 bits per heavy atom. The molecule has 52 valence electrons. The van der Waals surface area contributed by atoms with Crippen LogP contribution in [0.25, 0.3) is 0 Å². The van der Waals surface area contributed by atoms with Crippen LogP contribution in [-0.4, -0.2) is 18.5 Å². The molecule has 0 aliphatic heterocycles. The van der Waals surface area contributed by atoms with E-state index in [0.717, 1.165) is 6.42 Å². The summed E-state index contributed by atoms with van der Waals surface area (Å²) in [5.41, 5.74) is -0.445. The molecule has 0 N–H and O–H groups in total. The zero-order valence-corrected chi connectivity index (χ0v) is 6.10. The van der Waals surface area contributed by atoms with Crippen molar-refractivity contribution < 1.29 is 9.53 Å². The number of hydrogen-bond acceptors (Lipinski definition) is 2. The molecule has 0 amide bonds. The molecule has 1 fully saturated rings. The third-order valence-corrected chi connectivity index (χ3v) is 2.12. The van der Waals surface area contributed by atoms with E-state index in [1.807, 2.05) is 13.8 Å². The molecule has 2 atom stereocenters. The van der Waals surface area contributed by atoms with E-state index in [9.17, 15) is 4.79 Å². The highest BCUT2D eigenvalue weighted by atomic mass is 16.5. The molecule has 0 heterocycles. The zero-order valence-electron chi connectivity index (χ0n) is 6.10. The van der Waals surface area contributed by atoms with Gasteiger partial charge in [-0.25, -0.2) is 0 Å². The summed E-state index contributed by atoms with van der Waals surface area (Å²) in [4.78, 5) is 11.0. The fraction of sp³-hybridized carbons (Fsp3) is 0.857. The van der Waals surface area contributed by atoms with Crippen molar-refractivity contribution in [3.63, 3.8) is 0 Å². The summed E-state index contributed by atoms with van der Waals surface area (Å²) in [6.07, 6.45) is 0.877. The van der Waals surface area contributed by atoms with Crippen molar-refractivity contribution in [3.8, 4) is 0 Å². The Bertz CT molecular complexity index is 142. The topological polar surface area (TPSA) is 26.3 Å². The molecule has 0 saturated heterocycles. The van der Waals surface area contributed by atoms with E-state index in [1.54, 1.807) is 7.11 Å². The molecule has 2 nitrogen and oxygen atoms in total. The van der Waals surface area contributed by atoms with Crippen LogP contribution in [0.3, 0.4) is 0 Å². The van der Waals surface area contributed by atoms with Gasteiger partial charge in [-0.15, -0.1) is 0 Å². The van der Waals surface area contributed by atoms with E-state index >= 15 is 0 Å². The minimum atomic E-state index is -0.445. The summed E-state index contributed by atoms with van der Waals surface area (Å²) in [6, 6.07) is 0. The molecule has 0 bridgehead atoms. The normalized spacial score (nSPS) is 42.6. The molecule has 0 aromatic heterocycles. The molecular formula is C7H12O2. The number of Topliss-reactive ketones (excluding diaryl/α,β-unsaturated/α-hetero) is 1. The highest BCUT2D eigenvalue weighted by molar-refractivity contribution is 5.94. The van der Waals surface area contributed by atoms with Crippen molar-refractivity contribution >= 4 is 5.78 Å². The second-order valence-electron chi connectivity index (χ2n) is 2.90. The maximum absolute atomic E-state index is 11.0. The number of methoxy groups -OCH3 is 1. The Morgan fingerprint density at radius 3 is 2.44 bits per heavy atom. The predicted octanol–water partition coefficient (Wildman–Crippen LogP) is 1.00. The van der Waals surface area contributed by atoms with Crippen LogP contribution in [0.4, 0.5) is 0 Å². The van der Waals surface area contributed by atoms with E-state index in [4.69, 9.17) is 4.74 Å². The van der Waals surface area contributed by atoms with Crippen molar-refractivity contribution in [3.05, 3.63) is 0 Å². The Hall–Kier alpha value is -0.370. The summed E-state index contributed by atoms with van der Waals surface area (Å²) < 4.78 is 5.01. The zero-order chi connectivity index (χ0) is 7.07. The highest BCUT2D eigenvalue weighted by Crippen LogP contribution is 2.35. The number of carbonyl (C=O) groups is 1. The van der Waals surface area contributed by atoms with Gasteiger partial charge in [0.15, 0.2) is 5.78 Å². The van der Waals surface area contributed by atoms with Crippen molar-refractivity contribution in [1.82, 2.24) is 0 Å². The number of ether oxygens (including phenoxy) is 1. The van der Waals surface area contributed by atoms with Gasteiger partial charge in [-0.05, 0) is 13.3 Å². The first kappa shape index (κ1) is 6.75. The van der Waals surface area contributed by atoms with E-state index in [1.165, 1.54) is 0 Å². The second-order valence-corrected chi connectivity index (χ2v) is 2.90. The molecule has 1 rings (SSSR count). The molecule has 1 saturated carbocycles. The molecule has 2 unspecified atom stereocenters. The van der Waals surface area contributed by atoms with Gasteiger partial charge in [-0.1, -0.05) is 6.92 Å². The SMILES string of the molecule is COC1(C)CC(C)C1=O. The summed E-state index contributed by atoms with van der Waals surface area (Å²) in [5.74, 6) is 0.458. The summed E-state index contributed by atoms with van der Waals surface area (Å²) in [7, 11) is 1.59. The van der Waals surface area contributed by atoms with E-state index in [2.05, 4.69) is 0 Å². The first-order chi connectivity index (χ1) is 4.10. The summed E-state index contributed by atoms with van der Waals surface area (Å²) in [5, 5.41) is 0. The lowest BCUT2D eigenvalue weighted by Crippen LogP contribution is -2.52. The van der Waals surface area contributed by atoms with Crippen molar-refractivity contribution in [2.24, 2.45) is 5.92 Å². The average molecular weight is 128 g/mol. The van der Waals surface area contributed by atoms with E-state index in [0.29, 0.717) is 0 Å². The van der Waals surface area contributed by atoms with Gasteiger partial charge in [-0.2, -0.15) is 0 Å². The fourth-order valence-electron chi connectivity index (χ4n) is 1.35. The Morgan fingerprint density at radius 1 is 1.78 bits per heavy atom. The van der Waals surface area contributed by atoms with Gasteiger partial charge >= 0.3 is 0 Å². The van der Waals surface area contributed by atoms with E-state index < -0.39 is 5.60 Å². The summed E-state index contributed by atoms with van der Waals surface area (Å²) in [6.45, 7) is 3.78. The standard InChI is InChI=1S/C7H12O2/c1-5-4-7(2,9-3)6(5)8/h5H,4H2,1-3H3. The van der Waals surface area contributed by atoms with Crippen LogP contribution >= 0.6 is 0 Å². The predicted molar refractivity (Wildman–Crippen MR) is 34.2 cm³/mol. The van der Waals surface area contributed by atoms with Crippen molar-refractivity contribution in [1.29, 1.82) is 0 Å². The lowest BCUT2D eigenvalue weighted by Gasteiger charge is -2.40. The minimum Gasteiger partial charge on any atom is -0.371 e. The molecular weight excluding hydrogens is 116 g/mol. The third-order valence-electron chi connectivity index (χ3n) is 2.12. The largest absolute Gasteiger partial charge is 0.371 e. The lowest BCUT2D eigenvalue weighted by molar-refractivity contribution is -0.161. The maximum Gasteiger partial charge on any atom is 0.167 e. The molecule has 0 spiro atoms. The fourth-order valence-corrected chi connectivity index (χ4v) is 1.35. The quantitative estimate of drug-likeness (QED) is 0.526. The number of carbonyl (C=O) groups excluding carboxylic acids is 1. The number of hydrogen-bond donors (Lipinski definition) is 0. The molecule has 1 aliphatic carbocycles. The molecule has 2 heteroatoms. The molecule has 0 radical (unpaired) electrons. The van der Waals surface area contributed by atoms with Crippen LogP contribution in [0.5, 0.6) is 0 Å². The van der Waals surface area contributed by atoms with Gasteiger partial charge in [-0.3, -0.25) is 4.79 Å². The molecule has 9 heavy (non-hydrogen) atoms. The van der Waals surface area contributed by atoms with Gasteiger partial charge in [0.2, 0.25) is 0 Å². The molecule has 1 aliphatic rings. The summed E-state index contributed by atoms with van der Waals surface area (Å²) >= 11 is 0. The molecule has 0 aromatic rings. The third kappa shape index (κ3) is 0.778. The average Bonchev–Trinajstić information content (AvgIpc) is 1.87. The number of rotatable bonds is 1. The van der Waals surface area contributed by atoms with Crippen LogP contribution in [0.15, 0.2) is 0 Å². The lowest BCUT2D eigenvalue weighted by atomic mass is 9.72. The first-order valence-corrected chi connectivity index (χ1v) is 3.19. The van der Waals surface area contributed by atoms with Crippen LogP contribution in [0.2, 0.25) is 0 Å². The van der Waals surface area contributed by atoms with E-state index in [-0.39, 0.29) is 11.7 Å². The van der Waals surface area contributed by atoms with Gasteiger partial charge in [0.1, 0.15) is 5.60 Å². The van der Waals surface area contributed by atoms with Crippen LogP contribution in [0, 0.1) is 5.92 Å². The van der Waals surface area contributed by atoms with Crippen LogP contribution in [-0.2, 0) is 9.53 Å². The minimum absolute atomic E-state index is 0.218. The number of ketones is 1. The van der Waals surface area contributed by atoms with Crippen molar-refractivity contribution in [2.45, 2.75) is 25.9 Å². The smallest absolute Gasteiger partial charge is 0.167 e. The Labute approximate surface area is 55.2 Å². The van der Waals surface area contributed by atoms with Crippen molar-refractivity contribution in [2.75, 3.05) is 7.11 Å².